The van der Waals surface area contributed by atoms with Crippen molar-refractivity contribution in [3.05, 3.63) is 78.1 Å². The van der Waals surface area contributed by atoms with Gasteiger partial charge >= 0.3 is 0 Å². The number of ether oxygens (including phenoxy) is 3. The van der Waals surface area contributed by atoms with E-state index in [2.05, 4.69) is 9.97 Å². The molecule has 1 saturated heterocycles. The van der Waals surface area contributed by atoms with Crippen LogP contribution in [0.15, 0.2) is 60.9 Å². The van der Waals surface area contributed by atoms with Gasteiger partial charge in [0.2, 0.25) is 5.79 Å². The molecule has 1 fully saturated rings. The first-order valence-electron chi connectivity index (χ1n) is 8.62. The van der Waals surface area contributed by atoms with Gasteiger partial charge in [-0.1, -0.05) is 0 Å². The summed E-state index contributed by atoms with van der Waals surface area (Å²) in [5.41, 5.74) is 0.793. The zero-order valence-electron chi connectivity index (χ0n) is 14.5. The van der Waals surface area contributed by atoms with Gasteiger partial charge in [0, 0.05) is 18.0 Å². The molecule has 0 spiro atoms. The maximum atomic E-state index is 13.0. The first kappa shape index (κ1) is 17.7. The third kappa shape index (κ3) is 3.85. The fourth-order valence-corrected chi connectivity index (χ4v) is 3.03. The molecular formula is C20H19FN2O4. The Kier molecular flexibility index (Phi) is 4.89. The van der Waals surface area contributed by atoms with Crippen LogP contribution < -0.4 is 4.74 Å². The predicted octanol–water partition coefficient (Wildman–Crippen LogP) is 3.14. The molecule has 2 atom stereocenters. The quantitative estimate of drug-likeness (QED) is 0.697. The van der Waals surface area contributed by atoms with E-state index in [9.17, 15) is 9.50 Å². The number of aliphatic hydroxyl groups excluding tert-OH is 1. The SMILES string of the molecule is OCC1COC(Cc2ncc[nH]2)(c2ccc(Oc3ccc(F)cc3)cc2)O1. The zero-order chi connectivity index (χ0) is 18.7. The van der Waals surface area contributed by atoms with Crippen LogP contribution in [0.1, 0.15) is 11.4 Å². The first-order chi connectivity index (χ1) is 13.2. The number of aliphatic hydroxyl groups is 1. The molecule has 1 aromatic heterocycles. The van der Waals surface area contributed by atoms with Crippen LogP contribution in [0.2, 0.25) is 0 Å². The number of halogens is 1. The Morgan fingerprint density at radius 3 is 2.44 bits per heavy atom. The highest BCUT2D eigenvalue weighted by atomic mass is 19.1. The number of nitrogens with one attached hydrogen (secondary N) is 1. The fourth-order valence-electron chi connectivity index (χ4n) is 3.03. The van der Waals surface area contributed by atoms with Crippen molar-refractivity contribution in [2.75, 3.05) is 13.2 Å². The van der Waals surface area contributed by atoms with Gasteiger partial charge in [-0.05, 0) is 48.5 Å². The van der Waals surface area contributed by atoms with Crippen molar-refractivity contribution in [1.29, 1.82) is 0 Å². The third-order valence-electron chi connectivity index (χ3n) is 4.36. The van der Waals surface area contributed by atoms with Crippen LogP contribution in [0.4, 0.5) is 4.39 Å². The van der Waals surface area contributed by atoms with Crippen LogP contribution in [0.25, 0.3) is 0 Å². The summed E-state index contributed by atoms with van der Waals surface area (Å²) in [6, 6.07) is 13.1. The summed E-state index contributed by atoms with van der Waals surface area (Å²) < 4.78 is 30.7. The minimum absolute atomic E-state index is 0.119. The molecule has 0 amide bonds. The second kappa shape index (κ2) is 7.48. The van der Waals surface area contributed by atoms with Crippen LogP contribution >= 0.6 is 0 Å². The lowest BCUT2D eigenvalue weighted by molar-refractivity contribution is -0.180. The highest BCUT2D eigenvalue weighted by Crippen LogP contribution is 2.38. The molecule has 2 heterocycles. The van der Waals surface area contributed by atoms with Gasteiger partial charge in [-0.25, -0.2) is 9.37 Å². The van der Waals surface area contributed by atoms with E-state index in [1.165, 1.54) is 12.1 Å². The van der Waals surface area contributed by atoms with Gasteiger partial charge in [0.25, 0.3) is 0 Å². The molecule has 6 nitrogen and oxygen atoms in total. The molecule has 2 unspecified atom stereocenters. The molecule has 0 saturated carbocycles. The molecule has 0 aliphatic carbocycles. The number of imidazole rings is 1. The summed E-state index contributed by atoms with van der Waals surface area (Å²) in [6.45, 7) is 0.177. The lowest BCUT2D eigenvalue weighted by atomic mass is 10.0. The monoisotopic (exact) mass is 370 g/mol. The van der Waals surface area contributed by atoms with Gasteiger partial charge in [0.1, 0.15) is 29.2 Å². The number of aromatic amines is 1. The van der Waals surface area contributed by atoms with Crippen LogP contribution in [-0.4, -0.2) is 34.4 Å². The number of aromatic nitrogens is 2. The van der Waals surface area contributed by atoms with Gasteiger partial charge in [0.05, 0.1) is 19.6 Å². The molecule has 1 aliphatic heterocycles. The number of benzene rings is 2. The number of nitrogens with zero attached hydrogens (tertiary/aromatic N) is 1. The maximum Gasteiger partial charge on any atom is 0.202 e. The van der Waals surface area contributed by atoms with Gasteiger partial charge in [-0.15, -0.1) is 0 Å². The van der Waals surface area contributed by atoms with Gasteiger partial charge in [-0.2, -0.15) is 0 Å². The van der Waals surface area contributed by atoms with Crippen LogP contribution in [-0.2, 0) is 21.7 Å². The molecule has 4 rings (SSSR count). The zero-order valence-corrected chi connectivity index (χ0v) is 14.5. The average molecular weight is 370 g/mol. The molecule has 0 bridgehead atoms. The van der Waals surface area contributed by atoms with E-state index in [1.54, 1.807) is 36.7 Å². The minimum atomic E-state index is -1.03. The summed E-state index contributed by atoms with van der Waals surface area (Å²) in [5.74, 6) is 0.532. The molecular weight excluding hydrogens is 351 g/mol. The summed E-state index contributed by atoms with van der Waals surface area (Å²) in [7, 11) is 0. The maximum absolute atomic E-state index is 13.0. The molecule has 2 aromatic carbocycles. The van der Waals surface area contributed by atoms with E-state index in [-0.39, 0.29) is 12.4 Å². The Morgan fingerprint density at radius 1 is 1.15 bits per heavy atom. The summed E-state index contributed by atoms with van der Waals surface area (Å²) in [4.78, 5) is 7.30. The molecule has 3 aromatic rings. The minimum Gasteiger partial charge on any atom is -0.457 e. The Morgan fingerprint density at radius 2 is 1.85 bits per heavy atom. The second-order valence-electron chi connectivity index (χ2n) is 6.28. The highest BCUT2D eigenvalue weighted by molar-refractivity contribution is 5.35. The topological polar surface area (TPSA) is 76.6 Å². The number of hydrogen-bond donors (Lipinski definition) is 2. The molecule has 140 valence electrons. The standard InChI is InChI=1S/C20H19FN2O4/c21-15-3-7-17(8-4-15)26-16-5-1-14(2-6-16)20(11-19-22-9-10-23-19)25-13-18(12-24)27-20/h1-10,18,24H,11-13H2,(H,22,23). The number of hydrogen-bond acceptors (Lipinski definition) is 5. The van der Waals surface area contributed by atoms with E-state index < -0.39 is 11.9 Å². The number of H-pyrrole nitrogens is 1. The fraction of sp³-hybridized carbons (Fsp3) is 0.250. The molecule has 0 radical (unpaired) electrons. The lowest BCUT2D eigenvalue weighted by Gasteiger charge is -2.28. The molecule has 7 heteroatoms. The van der Waals surface area contributed by atoms with Gasteiger partial charge in [0.15, 0.2) is 0 Å². The van der Waals surface area contributed by atoms with E-state index in [4.69, 9.17) is 14.2 Å². The van der Waals surface area contributed by atoms with Crippen molar-refractivity contribution in [1.82, 2.24) is 9.97 Å². The summed E-state index contributed by atoms with van der Waals surface area (Å²) in [6.07, 6.45) is 3.40. The Labute approximate surface area is 155 Å². The van der Waals surface area contributed by atoms with E-state index in [0.29, 0.717) is 24.5 Å². The molecule has 1 aliphatic rings. The van der Waals surface area contributed by atoms with Crippen molar-refractivity contribution in [3.8, 4) is 11.5 Å². The average Bonchev–Trinajstić information content (AvgIpc) is 3.35. The van der Waals surface area contributed by atoms with E-state index >= 15 is 0 Å². The van der Waals surface area contributed by atoms with Crippen LogP contribution in [0, 0.1) is 5.82 Å². The second-order valence-corrected chi connectivity index (χ2v) is 6.28. The lowest BCUT2D eigenvalue weighted by Crippen LogP contribution is -2.32. The van der Waals surface area contributed by atoms with E-state index in [1.807, 2.05) is 12.1 Å². The Balaban J connectivity index is 1.56. The van der Waals surface area contributed by atoms with Crippen molar-refractivity contribution >= 4 is 0 Å². The van der Waals surface area contributed by atoms with Crippen LogP contribution in [0.3, 0.4) is 0 Å². The first-order valence-corrected chi connectivity index (χ1v) is 8.62. The van der Waals surface area contributed by atoms with Gasteiger partial charge < -0.3 is 24.3 Å². The molecule has 2 N–H and O–H groups in total. The van der Waals surface area contributed by atoms with Gasteiger partial charge in [-0.3, -0.25) is 0 Å². The predicted molar refractivity (Wildman–Crippen MR) is 94.8 cm³/mol. The van der Waals surface area contributed by atoms with Crippen molar-refractivity contribution < 1.29 is 23.7 Å². The smallest absolute Gasteiger partial charge is 0.202 e. The van der Waals surface area contributed by atoms with E-state index in [0.717, 1.165) is 11.4 Å². The highest BCUT2D eigenvalue weighted by Gasteiger charge is 2.43. The summed E-state index contributed by atoms with van der Waals surface area (Å²) in [5, 5.41) is 9.42. The van der Waals surface area contributed by atoms with Crippen molar-refractivity contribution in [2.45, 2.75) is 18.3 Å². The van der Waals surface area contributed by atoms with Crippen LogP contribution in [0.5, 0.6) is 11.5 Å². The van der Waals surface area contributed by atoms with Crippen molar-refractivity contribution in [3.63, 3.8) is 0 Å². The Hall–Kier alpha value is -2.74. The number of rotatable bonds is 6. The van der Waals surface area contributed by atoms with Crippen molar-refractivity contribution in [2.24, 2.45) is 0 Å². The third-order valence-corrected chi connectivity index (χ3v) is 4.36. The molecule has 27 heavy (non-hydrogen) atoms. The summed E-state index contributed by atoms with van der Waals surface area (Å²) >= 11 is 0. The largest absolute Gasteiger partial charge is 0.457 e. The Bertz CT molecular complexity index is 868. The normalized spacial score (nSPS) is 22.1.